The maximum absolute atomic E-state index is 11.9. The van der Waals surface area contributed by atoms with E-state index in [2.05, 4.69) is 17.6 Å². The third-order valence-corrected chi connectivity index (χ3v) is 4.48. The molecule has 1 amide bonds. The Bertz CT molecular complexity index is 275. The van der Waals surface area contributed by atoms with E-state index in [1.165, 1.54) is 25.7 Å². The largest absolute Gasteiger partial charge is 0.392 e. The zero-order chi connectivity index (χ0) is 12.3. The summed E-state index contributed by atoms with van der Waals surface area (Å²) in [4.78, 5) is 11.9. The molecule has 0 radical (unpaired) electrons. The van der Waals surface area contributed by atoms with Crippen molar-refractivity contribution in [2.45, 2.75) is 57.6 Å². The molecular formula is C13H24N2O2. The third-order valence-electron chi connectivity index (χ3n) is 4.48. The van der Waals surface area contributed by atoms with Gasteiger partial charge in [0.25, 0.3) is 0 Å². The molecule has 2 unspecified atom stereocenters. The van der Waals surface area contributed by atoms with E-state index in [0.717, 1.165) is 13.0 Å². The monoisotopic (exact) mass is 240 g/mol. The van der Waals surface area contributed by atoms with Crippen molar-refractivity contribution < 1.29 is 9.90 Å². The van der Waals surface area contributed by atoms with Crippen molar-refractivity contribution >= 4 is 5.91 Å². The summed E-state index contributed by atoms with van der Waals surface area (Å²) in [7, 11) is 0. The quantitative estimate of drug-likeness (QED) is 0.681. The fraction of sp³-hybridized carbons (Fsp3) is 0.923. The average Bonchev–Trinajstić information content (AvgIpc) is 2.95. The Balaban J connectivity index is 1.79. The van der Waals surface area contributed by atoms with E-state index in [0.29, 0.717) is 18.4 Å². The summed E-state index contributed by atoms with van der Waals surface area (Å²) in [6, 6.07) is -0.194. The molecule has 2 aliphatic rings. The Hall–Kier alpha value is -0.610. The summed E-state index contributed by atoms with van der Waals surface area (Å²) in [6.45, 7) is 3.56. The highest BCUT2D eigenvalue weighted by Gasteiger charge is 2.34. The fourth-order valence-corrected chi connectivity index (χ4v) is 3.09. The van der Waals surface area contributed by atoms with Crippen LogP contribution in [0, 0.1) is 5.41 Å². The second-order valence-electron chi connectivity index (χ2n) is 5.63. The van der Waals surface area contributed by atoms with Crippen molar-refractivity contribution in [3.63, 3.8) is 0 Å². The second kappa shape index (κ2) is 5.36. The standard InChI is InChI=1S/C13H24N2O2/c1-2-13(5-3-4-6-13)9-15-12(17)11-7-10(16)8-14-11/h10-11,14,16H,2-9H2,1H3,(H,15,17). The maximum atomic E-state index is 11.9. The van der Waals surface area contributed by atoms with E-state index in [1.807, 2.05) is 0 Å². The highest BCUT2D eigenvalue weighted by molar-refractivity contribution is 5.82. The van der Waals surface area contributed by atoms with Crippen molar-refractivity contribution in [3.05, 3.63) is 0 Å². The van der Waals surface area contributed by atoms with Crippen molar-refractivity contribution in [2.24, 2.45) is 5.41 Å². The highest BCUT2D eigenvalue weighted by atomic mass is 16.3. The smallest absolute Gasteiger partial charge is 0.237 e. The van der Waals surface area contributed by atoms with Crippen LogP contribution >= 0.6 is 0 Å². The van der Waals surface area contributed by atoms with Gasteiger partial charge in [-0.05, 0) is 31.1 Å². The van der Waals surface area contributed by atoms with E-state index >= 15 is 0 Å². The number of amides is 1. The Morgan fingerprint density at radius 1 is 1.47 bits per heavy atom. The van der Waals surface area contributed by atoms with Crippen molar-refractivity contribution in [2.75, 3.05) is 13.1 Å². The van der Waals surface area contributed by atoms with E-state index < -0.39 is 0 Å². The first kappa shape index (κ1) is 12.8. The van der Waals surface area contributed by atoms with Gasteiger partial charge < -0.3 is 15.7 Å². The molecule has 2 fully saturated rings. The van der Waals surface area contributed by atoms with Crippen LogP contribution in [0.4, 0.5) is 0 Å². The van der Waals surface area contributed by atoms with Gasteiger partial charge in [0.2, 0.25) is 5.91 Å². The van der Waals surface area contributed by atoms with Crippen LogP contribution in [0.3, 0.4) is 0 Å². The molecule has 0 bridgehead atoms. The molecular weight excluding hydrogens is 216 g/mol. The van der Waals surface area contributed by atoms with Gasteiger partial charge in [-0.25, -0.2) is 0 Å². The number of β-amino-alcohol motifs (C(OH)–C–C–N with tert-alkyl or cyclic N) is 1. The minimum absolute atomic E-state index is 0.0567. The van der Waals surface area contributed by atoms with Crippen LogP contribution in [0.2, 0.25) is 0 Å². The van der Waals surface area contributed by atoms with Gasteiger partial charge in [0.15, 0.2) is 0 Å². The molecule has 0 aromatic heterocycles. The van der Waals surface area contributed by atoms with Crippen LogP contribution in [-0.4, -0.2) is 36.2 Å². The number of carbonyl (C=O) groups excluding carboxylic acids is 1. The summed E-state index contributed by atoms with van der Waals surface area (Å²) < 4.78 is 0. The lowest BCUT2D eigenvalue weighted by atomic mass is 9.83. The van der Waals surface area contributed by atoms with Crippen LogP contribution in [0.5, 0.6) is 0 Å². The first-order chi connectivity index (χ1) is 8.15. The SMILES string of the molecule is CCC1(CNC(=O)C2CC(O)CN2)CCCC1. The lowest BCUT2D eigenvalue weighted by Gasteiger charge is -2.28. The molecule has 0 aromatic carbocycles. The van der Waals surface area contributed by atoms with E-state index in [4.69, 9.17) is 0 Å². The lowest BCUT2D eigenvalue weighted by molar-refractivity contribution is -0.123. The molecule has 17 heavy (non-hydrogen) atoms. The van der Waals surface area contributed by atoms with Crippen LogP contribution < -0.4 is 10.6 Å². The predicted molar refractivity (Wildman–Crippen MR) is 66.6 cm³/mol. The molecule has 1 heterocycles. The fourth-order valence-electron chi connectivity index (χ4n) is 3.09. The Morgan fingerprint density at radius 2 is 2.18 bits per heavy atom. The van der Waals surface area contributed by atoms with E-state index in [9.17, 15) is 9.90 Å². The molecule has 1 saturated heterocycles. The molecule has 4 heteroatoms. The van der Waals surface area contributed by atoms with Crippen LogP contribution in [-0.2, 0) is 4.79 Å². The normalized spacial score (nSPS) is 31.6. The minimum atomic E-state index is -0.364. The lowest BCUT2D eigenvalue weighted by Crippen LogP contribution is -2.44. The number of nitrogens with one attached hydrogen (secondary N) is 2. The first-order valence-corrected chi connectivity index (χ1v) is 6.84. The first-order valence-electron chi connectivity index (χ1n) is 6.84. The van der Waals surface area contributed by atoms with Crippen molar-refractivity contribution in [1.82, 2.24) is 10.6 Å². The summed E-state index contributed by atoms with van der Waals surface area (Å²) in [5.74, 6) is 0.0567. The number of hydrogen-bond donors (Lipinski definition) is 3. The zero-order valence-corrected chi connectivity index (χ0v) is 10.7. The van der Waals surface area contributed by atoms with Gasteiger partial charge in [0.05, 0.1) is 12.1 Å². The summed E-state index contributed by atoms with van der Waals surface area (Å²) in [6.07, 6.45) is 6.40. The van der Waals surface area contributed by atoms with Gasteiger partial charge in [-0.1, -0.05) is 19.8 Å². The number of carbonyl (C=O) groups is 1. The molecule has 1 aliphatic carbocycles. The zero-order valence-electron chi connectivity index (χ0n) is 10.7. The molecule has 0 spiro atoms. The van der Waals surface area contributed by atoms with Gasteiger partial charge in [0, 0.05) is 13.1 Å². The molecule has 1 aliphatic heterocycles. The third kappa shape index (κ3) is 2.99. The van der Waals surface area contributed by atoms with Crippen LogP contribution in [0.15, 0.2) is 0 Å². The second-order valence-corrected chi connectivity index (χ2v) is 5.63. The molecule has 2 rings (SSSR count). The van der Waals surface area contributed by atoms with Gasteiger partial charge in [0.1, 0.15) is 0 Å². The summed E-state index contributed by atoms with van der Waals surface area (Å²) >= 11 is 0. The summed E-state index contributed by atoms with van der Waals surface area (Å²) in [5.41, 5.74) is 0.340. The Labute approximate surface area is 103 Å². The molecule has 4 nitrogen and oxygen atoms in total. The molecule has 0 aromatic rings. The van der Waals surface area contributed by atoms with E-state index in [1.54, 1.807) is 0 Å². The Kier molecular flexibility index (Phi) is 4.05. The van der Waals surface area contributed by atoms with Gasteiger partial charge in [-0.15, -0.1) is 0 Å². The van der Waals surface area contributed by atoms with Gasteiger partial charge in [-0.2, -0.15) is 0 Å². The van der Waals surface area contributed by atoms with Crippen LogP contribution in [0.25, 0.3) is 0 Å². The number of rotatable bonds is 4. The van der Waals surface area contributed by atoms with Gasteiger partial charge in [-0.3, -0.25) is 4.79 Å². The number of aliphatic hydroxyl groups is 1. The number of aliphatic hydroxyl groups excluding tert-OH is 1. The molecule has 2 atom stereocenters. The highest BCUT2D eigenvalue weighted by Crippen LogP contribution is 2.40. The van der Waals surface area contributed by atoms with Crippen molar-refractivity contribution in [1.29, 1.82) is 0 Å². The molecule has 1 saturated carbocycles. The molecule has 98 valence electrons. The van der Waals surface area contributed by atoms with E-state index in [-0.39, 0.29) is 18.1 Å². The maximum Gasteiger partial charge on any atom is 0.237 e. The Morgan fingerprint density at radius 3 is 2.71 bits per heavy atom. The number of hydrogen-bond acceptors (Lipinski definition) is 3. The molecule has 3 N–H and O–H groups in total. The minimum Gasteiger partial charge on any atom is -0.392 e. The van der Waals surface area contributed by atoms with Crippen molar-refractivity contribution in [3.8, 4) is 0 Å². The topological polar surface area (TPSA) is 61.4 Å². The summed E-state index contributed by atoms with van der Waals surface area (Å²) in [5, 5.41) is 15.5. The average molecular weight is 240 g/mol. The van der Waals surface area contributed by atoms with Crippen LogP contribution in [0.1, 0.15) is 45.4 Å². The predicted octanol–water partition coefficient (Wildman–Crippen LogP) is 0.796. The van der Waals surface area contributed by atoms with Gasteiger partial charge >= 0.3 is 0 Å².